The Balaban J connectivity index is 2.57. The minimum atomic E-state index is 0.159. The van der Waals surface area contributed by atoms with Crippen LogP contribution in [0.3, 0.4) is 0 Å². The van der Waals surface area contributed by atoms with E-state index in [1.165, 1.54) is 0 Å². The molecule has 0 aliphatic rings. The van der Waals surface area contributed by atoms with Crippen molar-refractivity contribution >= 4 is 0 Å². The summed E-state index contributed by atoms with van der Waals surface area (Å²) in [5.41, 5.74) is 1.16. The van der Waals surface area contributed by atoms with Crippen molar-refractivity contribution < 1.29 is 9.84 Å². The van der Waals surface area contributed by atoms with E-state index in [1.807, 2.05) is 25.1 Å². The Morgan fingerprint density at radius 3 is 2.59 bits per heavy atom. The van der Waals surface area contributed by atoms with Gasteiger partial charge in [0.15, 0.2) is 0 Å². The monoisotopic (exact) mass is 237 g/mol. The summed E-state index contributed by atoms with van der Waals surface area (Å²) < 4.78 is 5.72. The van der Waals surface area contributed by atoms with Crippen molar-refractivity contribution in [1.82, 2.24) is 5.32 Å². The van der Waals surface area contributed by atoms with E-state index in [9.17, 15) is 0 Å². The molecule has 0 spiro atoms. The number of ether oxygens (including phenoxy) is 1. The summed E-state index contributed by atoms with van der Waals surface area (Å²) in [5, 5.41) is 12.3. The average Bonchev–Trinajstić information content (AvgIpc) is 2.34. The third-order valence-corrected chi connectivity index (χ3v) is 2.51. The summed E-state index contributed by atoms with van der Waals surface area (Å²) in [6.07, 6.45) is 0. The van der Waals surface area contributed by atoms with Crippen molar-refractivity contribution in [2.75, 3.05) is 13.2 Å². The first-order chi connectivity index (χ1) is 8.13. The fourth-order valence-electron chi connectivity index (χ4n) is 1.39. The third-order valence-electron chi connectivity index (χ3n) is 2.51. The minimum Gasteiger partial charge on any atom is -0.493 e. The molecule has 0 amide bonds. The number of benzene rings is 1. The first kappa shape index (κ1) is 14.0. The van der Waals surface area contributed by atoms with E-state index in [4.69, 9.17) is 9.84 Å². The van der Waals surface area contributed by atoms with Gasteiger partial charge < -0.3 is 15.2 Å². The highest BCUT2D eigenvalue weighted by molar-refractivity contribution is 5.33. The van der Waals surface area contributed by atoms with Crippen LogP contribution in [-0.4, -0.2) is 24.4 Å². The van der Waals surface area contributed by atoms with Gasteiger partial charge >= 0.3 is 0 Å². The van der Waals surface area contributed by atoms with Crippen LogP contribution in [0.5, 0.6) is 5.75 Å². The van der Waals surface area contributed by atoms with Crippen LogP contribution in [0.1, 0.15) is 26.3 Å². The Morgan fingerprint density at radius 2 is 1.94 bits per heavy atom. The Morgan fingerprint density at radius 1 is 1.24 bits per heavy atom. The zero-order valence-corrected chi connectivity index (χ0v) is 10.9. The quantitative estimate of drug-likeness (QED) is 0.764. The van der Waals surface area contributed by atoms with Gasteiger partial charge in [0.2, 0.25) is 0 Å². The molecule has 0 saturated heterocycles. The van der Waals surface area contributed by atoms with E-state index < -0.39 is 0 Å². The highest BCUT2D eigenvalue weighted by Gasteiger charge is 2.06. The van der Waals surface area contributed by atoms with Gasteiger partial charge in [-0.2, -0.15) is 0 Å². The highest BCUT2D eigenvalue weighted by atomic mass is 16.5. The lowest BCUT2D eigenvalue weighted by Gasteiger charge is -2.15. The van der Waals surface area contributed by atoms with Crippen LogP contribution in [0.25, 0.3) is 0 Å². The Labute approximate surface area is 104 Å². The van der Waals surface area contributed by atoms with Crippen LogP contribution in [0.4, 0.5) is 0 Å². The Bertz CT molecular complexity index is 326. The second kappa shape index (κ2) is 7.30. The van der Waals surface area contributed by atoms with E-state index in [-0.39, 0.29) is 12.5 Å². The average molecular weight is 237 g/mol. The maximum Gasteiger partial charge on any atom is 0.123 e. The molecular weight excluding hydrogens is 214 g/mol. The van der Waals surface area contributed by atoms with Gasteiger partial charge in [-0.1, -0.05) is 39.0 Å². The zero-order valence-electron chi connectivity index (χ0n) is 10.9. The van der Waals surface area contributed by atoms with Gasteiger partial charge in [0.1, 0.15) is 5.75 Å². The maximum atomic E-state index is 8.97. The molecule has 1 aromatic carbocycles. The lowest BCUT2D eigenvalue weighted by Crippen LogP contribution is -2.22. The minimum absolute atomic E-state index is 0.159. The molecule has 0 saturated carbocycles. The molecule has 2 N–H and O–H groups in total. The molecule has 0 aliphatic heterocycles. The van der Waals surface area contributed by atoms with Crippen molar-refractivity contribution in [3.05, 3.63) is 29.8 Å². The van der Waals surface area contributed by atoms with Crippen molar-refractivity contribution in [3.63, 3.8) is 0 Å². The van der Waals surface area contributed by atoms with Crippen LogP contribution < -0.4 is 10.1 Å². The van der Waals surface area contributed by atoms with Crippen LogP contribution >= 0.6 is 0 Å². The smallest absolute Gasteiger partial charge is 0.123 e. The fraction of sp³-hybridized carbons (Fsp3) is 0.571. The van der Waals surface area contributed by atoms with Crippen molar-refractivity contribution in [2.45, 2.75) is 33.4 Å². The van der Waals surface area contributed by atoms with Crippen molar-refractivity contribution in [1.29, 1.82) is 0 Å². The molecule has 96 valence electrons. The summed E-state index contributed by atoms with van der Waals surface area (Å²) in [6, 6.07) is 8.48. The lowest BCUT2D eigenvalue weighted by atomic mass is 10.2. The van der Waals surface area contributed by atoms with Crippen molar-refractivity contribution in [3.8, 4) is 5.75 Å². The maximum absolute atomic E-state index is 8.97. The van der Waals surface area contributed by atoms with Gasteiger partial charge in [-0.25, -0.2) is 0 Å². The van der Waals surface area contributed by atoms with Gasteiger partial charge in [-0.05, 0) is 6.07 Å². The van der Waals surface area contributed by atoms with Gasteiger partial charge in [0, 0.05) is 30.7 Å². The zero-order chi connectivity index (χ0) is 12.7. The molecular formula is C14H23NO2. The number of para-hydroxylation sites is 1. The second-order valence-electron chi connectivity index (χ2n) is 4.74. The van der Waals surface area contributed by atoms with Crippen molar-refractivity contribution in [2.24, 2.45) is 5.92 Å². The molecule has 1 atom stereocenters. The molecule has 0 bridgehead atoms. The topological polar surface area (TPSA) is 41.5 Å². The molecule has 1 aromatic rings. The molecule has 17 heavy (non-hydrogen) atoms. The van der Waals surface area contributed by atoms with E-state index in [2.05, 4.69) is 25.2 Å². The van der Waals surface area contributed by atoms with Crippen LogP contribution in [0.2, 0.25) is 0 Å². The summed E-state index contributed by atoms with van der Waals surface area (Å²) in [5.74, 6) is 1.07. The number of hydrogen-bond donors (Lipinski definition) is 2. The number of aliphatic hydroxyl groups excluding tert-OH is 1. The molecule has 0 radical (unpaired) electrons. The van der Waals surface area contributed by atoms with E-state index in [1.54, 1.807) is 0 Å². The third kappa shape index (κ3) is 5.20. The normalized spacial score (nSPS) is 12.8. The molecule has 3 heteroatoms. The van der Waals surface area contributed by atoms with Gasteiger partial charge in [0.25, 0.3) is 0 Å². The molecule has 0 heterocycles. The highest BCUT2D eigenvalue weighted by Crippen LogP contribution is 2.18. The van der Waals surface area contributed by atoms with Crippen LogP contribution in [-0.2, 0) is 6.54 Å². The molecule has 3 nitrogen and oxygen atoms in total. The first-order valence-corrected chi connectivity index (χ1v) is 6.18. The molecule has 0 fully saturated rings. The standard InChI is InChI=1S/C14H23NO2/c1-11(2)15-8-13-6-4-5-7-14(13)17-10-12(3)9-16/h4-7,11-12,15-16H,8-10H2,1-3H3. The number of rotatable bonds is 7. The summed E-state index contributed by atoms with van der Waals surface area (Å²) in [6.45, 7) is 7.73. The van der Waals surface area contributed by atoms with Crippen LogP contribution in [0.15, 0.2) is 24.3 Å². The number of hydrogen-bond acceptors (Lipinski definition) is 3. The molecule has 0 aromatic heterocycles. The molecule has 0 aliphatic carbocycles. The summed E-state index contributed by atoms with van der Waals surface area (Å²) in [7, 11) is 0. The summed E-state index contributed by atoms with van der Waals surface area (Å²) in [4.78, 5) is 0. The molecule has 1 unspecified atom stereocenters. The fourth-order valence-corrected chi connectivity index (χ4v) is 1.39. The predicted molar refractivity (Wildman–Crippen MR) is 70.2 cm³/mol. The van der Waals surface area contributed by atoms with Crippen LogP contribution in [0, 0.1) is 5.92 Å². The van der Waals surface area contributed by atoms with Gasteiger partial charge in [0.05, 0.1) is 6.61 Å². The Hall–Kier alpha value is -1.06. The number of aliphatic hydroxyl groups is 1. The van der Waals surface area contributed by atoms with E-state index in [0.29, 0.717) is 12.6 Å². The first-order valence-electron chi connectivity index (χ1n) is 6.18. The Kier molecular flexibility index (Phi) is 6.01. The van der Waals surface area contributed by atoms with E-state index >= 15 is 0 Å². The second-order valence-corrected chi connectivity index (χ2v) is 4.74. The SMILES string of the molecule is CC(CO)COc1ccccc1CNC(C)C. The predicted octanol–water partition coefficient (Wildman–Crippen LogP) is 2.19. The summed E-state index contributed by atoms with van der Waals surface area (Å²) >= 11 is 0. The molecule has 1 rings (SSSR count). The van der Waals surface area contributed by atoms with E-state index in [0.717, 1.165) is 17.9 Å². The largest absolute Gasteiger partial charge is 0.493 e. The van der Waals surface area contributed by atoms with Gasteiger partial charge in [-0.3, -0.25) is 0 Å². The van der Waals surface area contributed by atoms with Gasteiger partial charge in [-0.15, -0.1) is 0 Å². The lowest BCUT2D eigenvalue weighted by molar-refractivity contribution is 0.173. The number of nitrogens with one attached hydrogen (secondary N) is 1.